The van der Waals surface area contributed by atoms with Crippen LogP contribution in [0.4, 0.5) is 0 Å². The van der Waals surface area contributed by atoms with Crippen molar-refractivity contribution in [1.29, 1.82) is 0 Å². The summed E-state index contributed by atoms with van der Waals surface area (Å²) >= 11 is 0. The number of hydrogen-bond donors (Lipinski definition) is 1. The van der Waals surface area contributed by atoms with Crippen LogP contribution in [0.1, 0.15) is 43.6 Å². The SMILES string of the molecule is CCCCC(C(=O)O)n1nnnc1Cc1ccccc1. The van der Waals surface area contributed by atoms with Gasteiger partial charge in [-0.3, -0.25) is 0 Å². The highest BCUT2D eigenvalue weighted by molar-refractivity contribution is 5.71. The third-order valence-corrected chi connectivity index (χ3v) is 3.18. The first kappa shape index (κ1) is 14.2. The van der Waals surface area contributed by atoms with E-state index in [1.54, 1.807) is 0 Å². The van der Waals surface area contributed by atoms with Crippen molar-refractivity contribution in [3.05, 3.63) is 41.7 Å². The van der Waals surface area contributed by atoms with Crippen molar-refractivity contribution in [2.45, 2.75) is 38.6 Å². The van der Waals surface area contributed by atoms with Gasteiger partial charge in [0.2, 0.25) is 0 Å². The van der Waals surface area contributed by atoms with E-state index < -0.39 is 12.0 Å². The van der Waals surface area contributed by atoms with Crippen LogP contribution in [0.2, 0.25) is 0 Å². The molecule has 1 aromatic carbocycles. The molecule has 2 aromatic rings. The third-order valence-electron chi connectivity index (χ3n) is 3.18. The molecule has 6 heteroatoms. The van der Waals surface area contributed by atoms with E-state index in [1.165, 1.54) is 4.68 Å². The highest BCUT2D eigenvalue weighted by atomic mass is 16.4. The molecule has 20 heavy (non-hydrogen) atoms. The smallest absolute Gasteiger partial charge is 0.328 e. The summed E-state index contributed by atoms with van der Waals surface area (Å²) in [5.74, 6) is -0.306. The maximum Gasteiger partial charge on any atom is 0.328 e. The van der Waals surface area contributed by atoms with Gasteiger partial charge in [-0.05, 0) is 22.4 Å². The lowest BCUT2D eigenvalue weighted by molar-refractivity contribution is -0.141. The molecule has 1 unspecified atom stereocenters. The normalized spacial score (nSPS) is 12.2. The van der Waals surface area contributed by atoms with Gasteiger partial charge >= 0.3 is 5.97 Å². The molecule has 0 aliphatic heterocycles. The fourth-order valence-electron chi connectivity index (χ4n) is 2.10. The zero-order chi connectivity index (χ0) is 14.4. The Morgan fingerprint density at radius 1 is 1.35 bits per heavy atom. The van der Waals surface area contributed by atoms with Crippen molar-refractivity contribution in [1.82, 2.24) is 20.2 Å². The minimum Gasteiger partial charge on any atom is -0.480 e. The minimum absolute atomic E-state index is 0.531. The second-order valence-electron chi connectivity index (χ2n) is 4.70. The molecule has 0 spiro atoms. The predicted molar refractivity (Wildman–Crippen MR) is 73.3 cm³/mol. The average molecular weight is 274 g/mol. The van der Waals surface area contributed by atoms with Crippen LogP contribution in [0.5, 0.6) is 0 Å². The van der Waals surface area contributed by atoms with Gasteiger partial charge in [0.1, 0.15) is 0 Å². The van der Waals surface area contributed by atoms with Gasteiger partial charge in [0, 0.05) is 6.42 Å². The van der Waals surface area contributed by atoms with Crippen molar-refractivity contribution >= 4 is 5.97 Å². The number of unbranched alkanes of at least 4 members (excludes halogenated alkanes) is 1. The molecule has 6 nitrogen and oxygen atoms in total. The van der Waals surface area contributed by atoms with E-state index in [2.05, 4.69) is 15.5 Å². The number of rotatable bonds is 7. The number of tetrazole rings is 1. The van der Waals surface area contributed by atoms with Crippen LogP contribution in [0, 0.1) is 0 Å². The van der Waals surface area contributed by atoms with Gasteiger partial charge in [0.25, 0.3) is 0 Å². The Bertz CT molecular complexity index is 553. The number of carbonyl (C=O) groups is 1. The largest absolute Gasteiger partial charge is 0.480 e. The van der Waals surface area contributed by atoms with E-state index in [0.717, 1.165) is 18.4 Å². The van der Waals surface area contributed by atoms with Crippen LogP contribution in [-0.4, -0.2) is 31.3 Å². The molecule has 1 atom stereocenters. The topological polar surface area (TPSA) is 80.9 Å². The number of benzene rings is 1. The molecule has 0 aliphatic rings. The molecule has 0 radical (unpaired) electrons. The van der Waals surface area contributed by atoms with E-state index in [9.17, 15) is 9.90 Å². The Morgan fingerprint density at radius 3 is 2.75 bits per heavy atom. The molecule has 0 bridgehead atoms. The Labute approximate surface area is 117 Å². The third kappa shape index (κ3) is 3.40. The van der Waals surface area contributed by atoms with Crippen LogP contribution >= 0.6 is 0 Å². The zero-order valence-corrected chi connectivity index (χ0v) is 11.4. The fourth-order valence-corrected chi connectivity index (χ4v) is 2.10. The maximum atomic E-state index is 11.4. The van der Waals surface area contributed by atoms with Crippen LogP contribution in [0.3, 0.4) is 0 Å². The van der Waals surface area contributed by atoms with Crippen molar-refractivity contribution in [3.8, 4) is 0 Å². The summed E-state index contributed by atoms with van der Waals surface area (Å²) < 4.78 is 1.44. The molecular formula is C14H18N4O2. The molecular weight excluding hydrogens is 256 g/mol. The summed E-state index contributed by atoms with van der Waals surface area (Å²) in [7, 11) is 0. The van der Waals surface area contributed by atoms with E-state index in [1.807, 2.05) is 37.3 Å². The van der Waals surface area contributed by atoms with Crippen molar-refractivity contribution in [2.75, 3.05) is 0 Å². The summed E-state index contributed by atoms with van der Waals surface area (Å²) in [5, 5.41) is 20.8. The van der Waals surface area contributed by atoms with Gasteiger partial charge in [-0.2, -0.15) is 0 Å². The van der Waals surface area contributed by atoms with E-state index in [0.29, 0.717) is 18.7 Å². The van der Waals surface area contributed by atoms with Crippen LogP contribution in [-0.2, 0) is 11.2 Å². The van der Waals surface area contributed by atoms with Gasteiger partial charge in [-0.25, -0.2) is 9.48 Å². The lowest BCUT2D eigenvalue weighted by Crippen LogP contribution is -2.22. The molecule has 0 aliphatic carbocycles. The standard InChI is InChI=1S/C14H18N4O2/c1-2-3-9-12(14(19)20)18-13(15-16-17-18)10-11-7-5-4-6-8-11/h4-8,12H,2-3,9-10H2,1H3,(H,19,20). The first-order chi connectivity index (χ1) is 9.72. The average Bonchev–Trinajstić information content (AvgIpc) is 2.88. The summed E-state index contributed by atoms with van der Waals surface area (Å²) in [5.41, 5.74) is 1.06. The van der Waals surface area contributed by atoms with Gasteiger partial charge in [-0.1, -0.05) is 50.1 Å². The second-order valence-corrected chi connectivity index (χ2v) is 4.70. The molecule has 0 saturated carbocycles. The molecule has 1 heterocycles. The molecule has 1 N–H and O–H groups in total. The molecule has 106 valence electrons. The van der Waals surface area contributed by atoms with E-state index >= 15 is 0 Å². The van der Waals surface area contributed by atoms with Crippen LogP contribution in [0.25, 0.3) is 0 Å². The van der Waals surface area contributed by atoms with Gasteiger partial charge in [0.05, 0.1) is 0 Å². The second kappa shape index (κ2) is 6.79. The number of carboxylic acids is 1. The number of carboxylic acid groups (broad SMARTS) is 1. The lowest BCUT2D eigenvalue weighted by Gasteiger charge is -2.13. The lowest BCUT2D eigenvalue weighted by atomic mass is 10.1. The molecule has 2 rings (SSSR count). The number of aliphatic carboxylic acids is 1. The predicted octanol–water partition coefficient (Wildman–Crippen LogP) is 2.08. The maximum absolute atomic E-state index is 11.4. The highest BCUT2D eigenvalue weighted by Gasteiger charge is 2.23. The summed E-state index contributed by atoms with van der Waals surface area (Å²) in [6.07, 6.45) is 2.85. The minimum atomic E-state index is -0.889. The van der Waals surface area contributed by atoms with Gasteiger partial charge < -0.3 is 5.11 Å². The fraction of sp³-hybridized carbons (Fsp3) is 0.429. The van der Waals surface area contributed by atoms with E-state index in [-0.39, 0.29) is 0 Å². The Hall–Kier alpha value is -2.24. The molecule has 0 amide bonds. The van der Waals surface area contributed by atoms with Crippen LogP contribution < -0.4 is 0 Å². The van der Waals surface area contributed by atoms with E-state index in [4.69, 9.17) is 0 Å². The first-order valence-electron chi connectivity index (χ1n) is 6.75. The number of aromatic nitrogens is 4. The van der Waals surface area contributed by atoms with Gasteiger partial charge in [0.15, 0.2) is 11.9 Å². The number of nitrogens with zero attached hydrogens (tertiary/aromatic N) is 4. The summed E-state index contributed by atoms with van der Waals surface area (Å²) in [4.78, 5) is 11.4. The number of hydrogen-bond acceptors (Lipinski definition) is 4. The molecule has 1 aromatic heterocycles. The van der Waals surface area contributed by atoms with Gasteiger partial charge in [-0.15, -0.1) is 5.10 Å². The Balaban J connectivity index is 2.20. The van der Waals surface area contributed by atoms with Crippen molar-refractivity contribution in [2.24, 2.45) is 0 Å². The molecule has 0 saturated heterocycles. The summed E-state index contributed by atoms with van der Waals surface area (Å²) in [6.45, 7) is 2.03. The van der Waals surface area contributed by atoms with Crippen LogP contribution in [0.15, 0.2) is 30.3 Å². The monoisotopic (exact) mass is 274 g/mol. The molecule has 0 fully saturated rings. The van der Waals surface area contributed by atoms with Crippen molar-refractivity contribution < 1.29 is 9.90 Å². The zero-order valence-electron chi connectivity index (χ0n) is 11.4. The Morgan fingerprint density at radius 2 is 2.10 bits per heavy atom. The first-order valence-corrected chi connectivity index (χ1v) is 6.75. The Kier molecular flexibility index (Phi) is 4.81. The van der Waals surface area contributed by atoms with Crippen molar-refractivity contribution in [3.63, 3.8) is 0 Å². The summed E-state index contributed by atoms with van der Waals surface area (Å²) in [6, 6.07) is 9.07. The highest BCUT2D eigenvalue weighted by Crippen LogP contribution is 2.17. The quantitative estimate of drug-likeness (QED) is 0.836.